The van der Waals surface area contributed by atoms with Gasteiger partial charge in [-0.3, -0.25) is 27.8 Å². The molecule has 21 heteroatoms. The van der Waals surface area contributed by atoms with Crippen LogP contribution in [-0.4, -0.2) is 39.4 Å². The molecule has 2 unspecified atom stereocenters. The van der Waals surface area contributed by atoms with Gasteiger partial charge in [-0.2, -0.15) is 0 Å². The molecule has 1 aromatic heterocycles. The highest BCUT2D eigenvalue weighted by molar-refractivity contribution is 7.64. The number of phosphoric ester groups is 1. The Kier molecular flexibility index (Phi) is 7.06. The van der Waals surface area contributed by atoms with E-state index >= 15 is 0 Å². The lowest BCUT2D eigenvalue weighted by Gasteiger charge is -2.38. The van der Waals surface area contributed by atoms with Gasteiger partial charge in [-0.15, -0.1) is 0 Å². The number of halogens is 2. The predicted octanol–water partition coefficient (Wildman–Crippen LogP) is -3.75. The summed E-state index contributed by atoms with van der Waals surface area (Å²) in [6.45, 7) is -1.95. The first-order chi connectivity index (χ1) is 13.4. The van der Waals surface area contributed by atoms with Crippen LogP contribution in [0.3, 0.4) is 0 Å². The zero-order valence-electron chi connectivity index (χ0n) is 13.9. The van der Waals surface area contributed by atoms with Gasteiger partial charge in [0, 0.05) is 12.3 Å². The van der Waals surface area contributed by atoms with Gasteiger partial charge in [-0.25, -0.2) is 17.9 Å². The highest BCUT2D eigenvalue weighted by atomic mass is 31.3. The van der Waals surface area contributed by atoms with E-state index < -0.39 is 65.7 Å². The van der Waals surface area contributed by atoms with Gasteiger partial charge >= 0.3 is 5.69 Å². The molecule has 1 aliphatic rings. The summed E-state index contributed by atoms with van der Waals surface area (Å²) in [5.41, 5.74) is -2.19. The second-order valence-electron chi connectivity index (χ2n) is 5.48. The fraction of sp³-hybridized carbons (Fsp3) is 0.556. The van der Waals surface area contributed by atoms with E-state index in [-0.39, 0.29) is 0 Å². The fourth-order valence-corrected chi connectivity index (χ4v) is 5.01. The van der Waals surface area contributed by atoms with Gasteiger partial charge in [-0.05, 0) is 0 Å². The van der Waals surface area contributed by atoms with Gasteiger partial charge < -0.3 is 38.5 Å². The van der Waals surface area contributed by atoms with Crippen molar-refractivity contribution in [3.8, 4) is 0 Å². The van der Waals surface area contributed by atoms with Crippen LogP contribution < -0.4 is 30.8 Å². The molecule has 0 aromatic carbocycles. The first-order valence-electron chi connectivity index (χ1n) is 7.16. The van der Waals surface area contributed by atoms with Crippen molar-refractivity contribution < 1.29 is 65.0 Å². The third-order valence-corrected chi connectivity index (χ3v) is 6.92. The van der Waals surface area contributed by atoms with Crippen LogP contribution in [0.1, 0.15) is 6.23 Å². The Morgan fingerprint density at radius 3 is 2.33 bits per heavy atom. The average Bonchev–Trinajstić information content (AvgIpc) is 2.75. The van der Waals surface area contributed by atoms with Crippen LogP contribution in [0.4, 0.5) is 8.78 Å². The summed E-state index contributed by atoms with van der Waals surface area (Å²) < 4.78 is 76.1. The third kappa shape index (κ3) is 6.20. The monoisotopic (exact) mass is 500 g/mol. The van der Waals surface area contributed by atoms with Crippen LogP contribution in [0.15, 0.2) is 21.9 Å². The Morgan fingerprint density at radius 1 is 1.20 bits per heavy atom. The summed E-state index contributed by atoms with van der Waals surface area (Å²) in [6.07, 6.45) is -7.05. The number of H-pyrrole nitrogens is 1. The van der Waals surface area contributed by atoms with Gasteiger partial charge in [0.25, 0.3) is 27.1 Å². The number of aromatic nitrogens is 2. The van der Waals surface area contributed by atoms with Crippen LogP contribution in [-0.2, 0) is 31.6 Å². The van der Waals surface area contributed by atoms with Crippen molar-refractivity contribution >= 4 is 23.5 Å². The summed E-state index contributed by atoms with van der Waals surface area (Å²) in [4.78, 5) is 67.2. The maximum absolute atomic E-state index is 14.7. The number of hydrogen-bond acceptors (Lipinski definition) is 14. The molecule has 0 radical (unpaired) electrons. The summed E-state index contributed by atoms with van der Waals surface area (Å²) >= 11 is 0. The third-order valence-electron chi connectivity index (χ3n) is 3.28. The van der Waals surface area contributed by atoms with E-state index in [9.17, 15) is 56.7 Å². The summed E-state index contributed by atoms with van der Waals surface area (Å²) in [7, 11) is -18.8. The van der Waals surface area contributed by atoms with Crippen LogP contribution in [0.2, 0.25) is 0 Å². The van der Waals surface area contributed by atoms with Crippen LogP contribution in [0.25, 0.3) is 0 Å². The molecule has 0 spiro atoms. The molecule has 1 aliphatic heterocycles. The number of phosphoric acid groups is 3. The number of ether oxygens (including phenoxy) is 1. The van der Waals surface area contributed by atoms with Crippen LogP contribution >= 0.6 is 23.5 Å². The second kappa shape index (κ2) is 8.43. The molecule has 0 amide bonds. The number of nitrogens with zero attached hydrogens (tertiary/aromatic N) is 1. The number of aliphatic hydroxyl groups is 1. The molecule has 172 valence electrons. The Morgan fingerprint density at radius 2 is 1.80 bits per heavy atom. The Labute approximate surface area is 163 Å². The molecular weight excluding hydrogens is 491 g/mol. The molecule has 2 rings (SSSR count). The minimum absolute atomic E-state index is 0.309. The standard InChI is InChI=1S/C9H13F2N2O14P3/c10-5-6(15)9(11,25-7(5)13-2-1-4(14)12-8(13)16)3-24-29(20,21)27-30(22,23)26-28(17,18)19/h1-2,5-7,15H,3H2,(H,20,21)(H,22,23)(H,12,14,16)(H2,17,18,19)/p-4/t5-,6+,7-,9-/m1/s1. The van der Waals surface area contributed by atoms with Crippen LogP contribution in [0, 0.1) is 0 Å². The maximum Gasteiger partial charge on any atom is 0.330 e. The molecule has 1 aromatic rings. The molecule has 0 saturated carbocycles. The number of aromatic amines is 1. The molecule has 30 heavy (non-hydrogen) atoms. The van der Waals surface area contributed by atoms with E-state index in [0.29, 0.717) is 10.8 Å². The predicted molar refractivity (Wildman–Crippen MR) is 77.1 cm³/mol. The smallest absolute Gasteiger partial charge is 0.330 e. The van der Waals surface area contributed by atoms with Crippen molar-refractivity contribution in [1.29, 1.82) is 0 Å². The van der Waals surface area contributed by atoms with E-state index in [1.807, 2.05) is 0 Å². The van der Waals surface area contributed by atoms with Gasteiger partial charge in [0.1, 0.15) is 6.61 Å². The summed E-state index contributed by atoms with van der Waals surface area (Å²) in [5, 5.41) is 9.64. The first-order valence-corrected chi connectivity index (χ1v) is 11.5. The number of aliphatic hydroxyl groups excluding tert-OH is 1. The van der Waals surface area contributed by atoms with E-state index in [1.54, 1.807) is 4.98 Å². The highest BCUT2D eigenvalue weighted by Crippen LogP contribution is 2.60. The molecule has 2 heterocycles. The van der Waals surface area contributed by atoms with Gasteiger partial charge in [0.2, 0.25) is 0 Å². The molecule has 0 aliphatic carbocycles. The van der Waals surface area contributed by atoms with Gasteiger partial charge in [-0.1, -0.05) is 0 Å². The zero-order chi connectivity index (χ0) is 23.1. The minimum atomic E-state index is -6.34. The van der Waals surface area contributed by atoms with E-state index in [2.05, 4.69) is 17.9 Å². The van der Waals surface area contributed by atoms with Gasteiger partial charge in [0.15, 0.2) is 18.5 Å². The largest absolute Gasteiger partial charge is 0.790 e. The summed E-state index contributed by atoms with van der Waals surface area (Å²) in [5.74, 6) is -3.71. The minimum Gasteiger partial charge on any atom is -0.790 e. The quantitative estimate of drug-likeness (QED) is 0.325. The van der Waals surface area contributed by atoms with Crippen LogP contribution in [0.5, 0.6) is 0 Å². The number of nitrogens with one attached hydrogen (secondary N) is 1. The second-order valence-corrected chi connectivity index (χ2v) is 9.73. The number of rotatable bonds is 8. The first kappa shape index (κ1) is 25.1. The summed E-state index contributed by atoms with van der Waals surface area (Å²) in [6, 6.07) is 0.717. The Bertz CT molecular complexity index is 1050. The Balaban J connectivity index is 2.15. The number of hydrogen-bond donors (Lipinski definition) is 2. The lowest BCUT2D eigenvalue weighted by Crippen LogP contribution is -2.42. The van der Waals surface area contributed by atoms with E-state index in [0.717, 1.165) is 6.07 Å². The average molecular weight is 500 g/mol. The fourth-order valence-electron chi connectivity index (χ4n) is 2.14. The number of alkyl halides is 2. The van der Waals surface area contributed by atoms with Crippen molar-refractivity contribution in [2.24, 2.45) is 0 Å². The lowest BCUT2D eigenvalue weighted by atomic mass is 10.1. The molecule has 16 nitrogen and oxygen atoms in total. The molecule has 1 fully saturated rings. The van der Waals surface area contributed by atoms with Gasteiger partial charge in [0.05, 0.1) is 7.82 Å². The molecule has 2 N–H and O–H groups in total. The molecule has 0 bridgehead atoms. The SMILES string of the molecule is O=c1ccn([C@@H]2O[C@](F)(COP(=O)([O-])OP(=O)([O-])OP(=O)([O-])[O-])[C@@H](O)[C@H]2F)c(=O)[nH]1. The Hall–Kier alpha value is -1.13. The molecule has 1 saturated heterocycles. The van der Waals surface area contributed by atoms with Crippen molar-refractivity contribution in [1.82, 2.24) is 9.55 Å². The topological polar surface area (TPSA) is 255 Å². The van der Waals surface area contributed by atoms with Crippen molar-refractivity contribution in [2.75, 3.05) is 6.61 Å². The van der Waals surface area contributed by atoms with Crippen molar-refractivity contribution in [3.63, 3.8) is 0 Å². The van der Waals surface area contributed by atoms with E-state index in [1.165, 1.54) is 0 Å². The maximum atomic E-state index is 14.7. The van der Waals surface area contributed by atoms with Crippen molar-refractivity contribution in [3.05, 3.63) is 33.1 Å². The lowest BCUT2D eigenvalue weighted by molar-refractivity contribution is -0.339. The van der Waals surface area contributed by atoms with Crippen molar-refractivity contribution in [2.45, 2.75) is 24.4 Å². The molecular formula is C9H9F2N2O14P3-4. The highest BCUT2D eigenvalue weighted by Gasteiger charge is 2.58. The normalized spacial score (nSPS) is 31.2. The van der Waals surface area contributed by atoms with E-state index in [4.69, 9.17) is 0 Å². The molecule has 6 atom stereocenters. The zero-order valence-corrected chi connectivity index (χ0v) is 16.6.